The molecule has 0 saturated heterocycles. The van der Waals surface area contributed by atoms with Crippen LogP contribution in [0.15, 0.2) is 24.5 Å². The third-order valence-corrected chi connectivity index (χ3v) is 3.46. The topological polar surface area (TPSA) is 63.8 Å². The maximum Gasteiger partial charge on any atom is 0.137 e. The van der Waals surface area contributed by atoms with Crippen LogP contribution >= 0.6 is 0 Å². The van der Waals surface area contributed by atoms with Crippen molar-refractivity contribution in [3.05, 3.63) is 24.5 Å². The number of nitrogens with one attached hydrogen (secondary N) is 1. The number of fused-ring (bicyclic) bond motifs is 1. The summed E-state index contributed by atoms with van der Waals surface area (Å²) in [7, 11) is 0. The summed E-state index contributed by atoms with van der Waals surface area (Å²) in [5, 5.41) is 4.47. The van der Waals surface area contributed by atoms with Gasteiger partial charge in [0, 0.05) is 17.1 Å². The highest BCUT2D eigenvalue weighted by molar-refractivity contribution is 5.91. The summed E-state index contributed by atoms with van der Waals surface area (Å²) < 4.78 is 0. The van der Waals surface area contributed by atoms with Gasteiger partial charge in [0.2, 0.25) is 0 Å². The molecule has 0 spiro atoms. The summed E-state index contributed by atoms with van der Waals surface area (Å²) in [6.07, 6.45) is 5.24. The smallest absolute Gasteiger partial charge is 0.137 e. The van der Waals surface area contributed by atoms with Crippen molar-refractivity contribution < 1.29 is 0 Å². The van der Waals surface area contributed by atoms with E-state index in [2.05, 4.69) is 36.1 Å². The Morgan fingerprint density at radius 1 is 1.15 bits per heavy atom. The summed E-state index contributed by atoms with van der Waals surface area (Å²) in [5.74, 6) is 1.64. The van der Waals surface area contributed by atoms with Crippen LogP contribution in [0.3, 0.4) is 0 Å². The minimum Gasteiger partial charge on any atom is -0.399 e. The molecule has 0 amide bonds. The molecule has 0 fully saturated rings. The highest BCUT2D eigenvalue weighted by Crippen LogP contribution is 2.23. The van der Waals surface area contributed by atoms with Crippen molar-refractivity contribution in [2.45, 2.75) is 46.1 Å². The normalized spacial score (nSPS) is 12.8. The van der Waals surface area contributed by atoms with Crippen LogP contribution in [0.25, 0.3) is 10.9 Å². The molecule has 20 heavy (non-hydrogen) atoms. The number of aromatic nitrogens is 2. The van der Waals surface area contributed by atoms with Crippen LogP contribution in [0.2, 0.25) is 0 Å². The van der Waals surface area contributed by atoms with Crippen molar-refractivity contribution in [1.82, 2.24) is 9.97 Å². The van der Waals surface area contributed by atoms with Crippen molar-refractivity contribution in [2.75, 3.05) is 11.1 Å². The molecule has 0 saturated carbocycles. The molecular formula is C16H24N4. The summed E-state index contributed by atoms with van der Waals surface area (Å²) in [5.41, 5.74) is 7.51. The second-order valence-electron chi connectivity index (χ2n) is 5.87. The van der Waals surface area contributed by atoms with E-state index in [4.69, 9.17) is 5.73 Å². The van der Waals surface area contributed by atoms with E-state index in [-0.39, 0.29) is 0 Å². The second kappa shape index (κ2) is 6.55. The molecule has 2 rings (SSSR count). The van der Waals surface area contributed by atoms with E-state index in [9.17, 15) is 0 Å². The van der Waals surface area contributed by atoms with Crippen molar-refractivity contribution in [3.63, 3.8) is 0 Å². The predicted octanol–water partition coefficient (Wildman–Crippen LogP) is 3.84. The lowest BCUT2D eigenvalue weighted by atomic mass is 10.0. The van der Waals surface area contributed by atoms with Crippen LogP contribution in [0, 0.1) is 5.92 Å². The molecule has 1 heterocycles. The van der Waals surface area contributed by atoms with Gasteiger partial charge < -0.3 is 11.1 Å². The quantitative estimate of drug-likeness (QED) is 0.784. The molecule has 4 nitrogen and oxygen atoms in total. The average Bonchev–Trinajstić information content (AvgIpc) is 2.39. The largest absolute Gasteiger partial charge is 0.399 e. The molecule has 108 valence electrons. The van der Waals surface area contributed by atoms with Crippen LogP contribution in [0.1, 0.15) is 40.0 Å². The Hall–Kier alpha value is -1.84. The van der Waals surface area contributed by atoms with Gasteiger partial charge in [-0.25, -0.2) is 9.97 Å². The number of rotatable bonds is 6. The average molecular weight is 272 g/mol. The molecule has 1 atom stereocenters. The van der Waals surface area contributed by atoms with Crippen LogP contribution in [-0.2, 0) is 0 Å². The zero-order valence-corrected chi connectivity index (χ0v) is 12.6. The Bertz CT molecular complexity index is 565. The van der Waals surface area contributed by atoms with E-state index in [0.717, 1.165) is 34.7 Å². The molecule has 0 bridgehead atoms. The molecule has 0 aliphatic carbocycles. The Balaban J connectivity index is 2.07. The van der Waals surface area contributed by atoms with Gasteiger partial charge in [0.25, 0.3) is 0 Å². The lowest BCUT2D eigenvalue weighted by molar-refractivity contribution is 0.520. The van der Waals surface area contributed by atoms with Gasteiger partial charge in [-0.15, -0.1) is 0 Å². The van der Waals surface area contributed by atoms with Gasteiger partial charge in [-0.1, -0.05) is 26.7 Å². The minimum atomic E-state index is 0.397. The third-order valence-electron chi connectivity index (χ3n) is 3.46. The summed E-state index contributed by atoms with van der Waals surface area (Å²) in [6, 6.07) is 6.12. The van der Waals surface area contributed by atoms with E-state index in [0.29, 0.717) is 6.04 Å². The maximum atomic E-state index is 5.85. The first-order valence-electron chi connectivity index (χ1n) is 7.33. The van der Waals surface area contributed by atoms with E-state index in [1.807, 2.05) is 18.2 Å². The lowest BCUT2D eigenvalue weighted by Crippen LogP contribution is -2.16. The summed E-state index contributed by atoms with van der Waals surface area (Å²) >= 11 is 0. The molecule has 1 aromatic heterocycles. The van der Waals surface area contributed by atoms with Crippen LogP contribution in [0.5, 0.6) is 0 Å². The fourth-order valence-corrected chi connectivity index (χ4v) is 2.33. The first kappa shape index (κ1) is 14.6. The highest BCUT2D eigenvalue weighted by Gasteiger charge is 2.08. The first-order valence-corrected chi connectivity index (χ1v) is 7.33. The number of nitrogens with zero attached hydrogens (tertiary/aromatic N) is 2. The van der Waals surface area contributed by atoms with Gasteiger partial charge in [-0.05, 0) is 37.5 Å². The highest BCUT2D eigenvalue weighted by atomic mass is 15.0. The Kier molecular flexibility index (Phi) is 4.77. The summed E-state index contributed by atoms with van der Waals surface area (Å²) in [6.45, 7) is 6.72. The number of nitrogen functional groups attached to an aromatic ring is 1. The standard InChI is InChI=1S/C16H24N4/c1-11(2)5-4-6-12(3)20-16-14-9-13(17)7-8-15(14)18-10-19-16/h7-12H,4-6,17H2,1-3H3,(H,18,19,20). The van der Waals surface area contributed by atoms with Crippen molar-refractivity contribution in [2.24, 2.45) is 5.92 Å². The molecular weight excluding hydrogens is 248 g/mol. The minimum absolute atomic E-state index is 0.397. The number of anilines is 2. The van der Waals surface area contributed by atoms with E-state index in [1.54, 1.807) is 6.33 Å². The summed E-state index contributed by atoms with van der Waals surface area (Å²) in [4.78, 5) is 8.62. The fraction of sp³-hybridized carbons (Fsp3) is 0.500. The van der Waals surface area contributed by atoms with Crippen molar-refractivity contribution in [1.29, 1.82) is 0 Å². The molecule has 0 aliphatic rings. The lowest BCUT2D eigenvalue weighted by Gasteiger charge is -2.16. The van der Waals surface area contributed by atoms with Crippen LogP contribution < -0.4 is 11.1 Å². The zero-order chi connectivity index (χ0) is 14.5. The maximum absolute atomic E-state index is 5.85. The molecule has 3 N–H and O–H groups in total. The Labute approximate surface area is 120 Å². The van der Waals surface area contributed by atoms with Gasteiger partial charge in [0.1, 0.15) is 12.1 Å². The number of hydrogen-bond acceptors (Lipinski definition) is 4. The molecule has 2 aromatic rings. The van der Waals surface area contributed by atoms with Gasteiger partial charge in [-0.3, -0.25) is 0 Å². The van der Waals surface area contributed by atoms with E-state index in [1.165, 1.54) is 12.8 Å². The molecule has 1 aromatic carbocycles. The second-order valence-corrected chi connectivity index (χ2v) is 5.87. The Morgan fingerprint density at radius 3 is 2.70 bits per heavy atom. The number of hydrogen-bond donors (Lipinski definition) is 2. The molecule has 0 aliphatic heterocycles. The molecule has 0 radical (unpaired) electrons. The zero-order valence-electron chi connectivity index (χ0n) is 12.6. The Morgan fingerprint density at radius 2 is 1.95 bits per heavy atom. The van der Waals surface area contributed by atoms with Gasteiger partial charge in [0.15, 0.2) is 0 Å². The van der Waals surface area contributed by atoms with Crippen molar-refractivity contribution >= 4 is 22.4 Å². The van der Waals surface area contributed by atoms with Crippen LogP contribution in [-0.4, -0.2) is 16.0 Å². The number of benzene rings is 1. The van der Waals surface area contributed by atoms with Gasteiger partial charge in [-0.2, -0.15) is 0 Å². The molecule has 4 heteroatoms. The first-order chi connectivity index (χ1) is 9.56. The third kappa shape index (κ3) is 3.83. The fourth-order valence-electron chi connectivity index (χ4n) is 2.33. The van der Waals surface area contributed by atoms with Gasteiger partial charge in [0.05, 0.1) is 5.52 Å². The van der Waals surface area contributed by atoms with Gasteiger partial charge >= 0.3 is 0 Å². The number of nitrogens with two attached hydrogens (primary N) is 1. The van der Waals surface area contributed by atoms with Crippen molar-refractivity contribution in [3.8, 4) is 0 Å². The predicted molar refractivity (Wildman–Crippen MR) is 85.7 cm³/mol. The van der Waals surface area contributed by atoms with Crippen LogP contribution in [0.4, 0.5) is 11.5 Å². The van der Waals surface area contributed by atoms with E-state index >= 15 is 0 Å². The monoisotopic (exact) mass is 272 g/mol. The molecule has 1 unspecified atom stereocenters. The SMILES string of the molecule is CC(C)CCCC(C)Nc1ncnc2ccc(N)cc12. The van der Waals surface area contributed by atoms with E-state index < -0.39 is 0 Å².